The van der Waals surface area contributed by atoms with Crippen molar-refractivity contribution in [3.8, 4) is 0 Å². The Morgan fingerprint density at radius 1 is 1.27 bits per heavy atom. The summed E-state index contributed by atoms with van der Waals surface area (Å²) in [6, 6.07) is 0. The zero-order valence-corrected chi connectivity index (χ0v) is 9.21. The molecule has 0 aromatic heterocycles. The maximum Gasteiger partial charge on any atom is 0.303 e. The summed E-state index contributed by atoms with van der Waals surface area (Å²) < 4.78 is 6.08. The molecule has 86 valence electrons. The monoisotopic (exact) mass is 212 g/mol. The highest BCUT2D eigenvalue weighted by molar-refractivity contribution is 5.66. The molecule has 3 nitrogen and oxygen atoms in total. The first-order chi connectivity index (χ1) is 7.20. The summed E-state index contributed by atoms with van der Waals surface area (Å²) in [5, 5.41) is 8.62. The SMILES string of the molecule is O=C(O)CCC1CCC2(CCCCC2)O1. The fourth-order valence-corrected chi connectivity index (χ4v) is 2.95. The molecule has 1 aliphatic carbocycles. The zero-order chi connectivity index (χ0) is 10.7. The first-order valence-corrected chi connectivity index (χ1v) is 6.10. The predicted octanol–water partition coefficient (Wildman–Crippen LogP) is 2.73. The molecule has 1 atom stereocenters. The summed E-state index contributed by atoms with van der Waals surface area (Å²) in [5.41, 5.74) is 0.140. The van der Waals surface area contributed by atoms with Gasteiger partial charge in [0.1, 0.15) is 0 Å². The molecule has 1 saturated heterocycles. The molecule has 0 amide bonds. The first kappa shape index (κ1) is 10.9. The molecule has 0 bridgehead atoms. The summed E-state index contributed by atoms with van der Waals surface area (Å²) in [5.74, 6) is -0.705. The third-order valence-corrected chi connectivity index (χ3v) is 3.78. The van der Waals surface area contributed by atoms with Crippen molar-refractivity contribution in [3.05, 3.63) is 0 Å². The van der Waals surface area contributed by atoms with E-state index in [-0.39, 0.29) is 18.1 Å². The van der Waals surface area contributed by atoms with Crippen LogP contribution >= 0.6 is 0 Å². The lowest BCUT2D eigenvalue weighted by Crippen LogP contribution is -2.31. The number of hydrogen-bond donors (Lipinski definition) is 1. The molecule has 1 spiro atoms. The summed E-state index contributed by atoms with van der Waals surface area (Å²) in [7, 11) is 0. The van der Waals surface area contributed by atoms with Crippen molar-refractivity contribution in [3.63, 3.8) is 0 Å². The van der Waals surface area contributed by atoms with Crippen molar-refractivity contribution >= 4 is 5.97 Å². The molecule has 3 heteroatoms. The van der Waals surface area contributed by atoms with E-state index < -0.39 is 5.97 Å². The fourth-order valence-electron chi connectivity index (χ4n) is 2.95. The number of hydrogen-bond acceptors (Lipinski definition) is 2. The van der Waals surface area contributed by atoms with E-state index in [1.54, 1.807) is 0 Å². The molecule has 1 heterocycles. The first-order valence-electron chi connectivity index (χ1n) is 6.10. The van der Waals surface area contributed by atoms with Crippen molar-refractivity contribution in [1.29, 1.82) is 0 Å². The molecule has 2 fully saturated rings. The highest BCUT2D eigenvalue weighted by atomic mass is 16.5. The number of ether oxygens (including phenoxy) is 1. The minimum absolute atomic E-state index is 0.140. The lowest BCUT2D eigenvalue weighted by atomic mass is 9.83. The van der Waals surface area contributed by atoms with E-state index in [1.165, 1.54) is 32.1 Å². The van der Waals surface area contributed by atoms with Crippen LogP contribution in [0.5, 0.6) is 0 Å². The Morgan fingerprint density at radius 3 is 2.67 bits per heavy atom. The van der Waals surface area contributed by atoms with E-state index in [1.807, 2.05) is 0 Å². The maximum absolute atomic E-state index is 10.5. The number of carbonyl (C=O) groups is 1. The quantitative estimate of drug-likeness (QED) is 0.782. The second-order valence-corrected chi connectivity index (χ2v) is 4.95. The van der Waals surface area contributed by atoms with Gasteiger partial charge in [0.25, 0.3) is 0 Å². The van der Waals surface area contributed by atoms with Gasteiger partial charge < -0.3 is 9.84 Å². The summed E-state index contributed by atoms with van der Waals surface area (Å²) in [6.07, 6.45) is 9.65. The molecule has 2 rings (SSSR count). The highest BCUT2D eigenvalue weighted by Crippen LogP contribution is 2.42. The van der Waals surface area contributed by atoms with Crippen molar-refractivity contribution in [2.24, 2.45) is 0 Å². The molecular formula is C12H20O3. The average molecular weight is 212 g/mol. The molecule has 0 radical (unpaired) electrons. The minimum Gasteiger partial charge on any atom is -0.481 e. The standard InChI is InChI=1S/C12H20O3/c13-11(14)5-4-10-6-9-12(15-10)7-2-1-3-8-12/h10H,1-9H2,(H,13,14). The Balaban J connectivity index is 1.80. The van der Waals surface area contributed by atoms with Gasteiger partial charge in [-0.25, -0.2) is 0 Å². The highest BCUT2D eigenvalue weighted by Gasteiger charge is 2.40. The maximum atomic E-state index is 10.5. The number of aliphatic carboxylic acids is 1. The molecule has 0 aromatic carbocycles. The molecule has 0 aromatic rings. The molecule has 1 aliphatic heterocycles. The second kappa shape index (κ2) is 4.52. The Labute approximate surface area is 90.8 Å². The van der Waals surface area contributed by atoms with Gasteiger partial charge in [-0.15, -0.1) is 0 Å². The van der Waals surface area contributed by atoms with E-state index in [0.717, 1.165) is 12.8 Å². The smallest absolute Gasteiger partial charge is 0.303 e. The van der Waals surface area contributed by atoms with E-state index in [4.69, 9.17) is 9.84 Å². The van der Waals surface area contributed by atoms with Gasteiger partial charge in [-0.05, 0) is 32.1 Å². The summed E-state index contributed by atoms with van der Waals surface area (Å²) in [6.45, 7) is 0. The van der Waals surface area contributed by atoms with Gasteiger partial charge in [0.05, 0.1) is 11.7 Å². The van der Waals surface area contributed by atoms with Crippen molar-refractivity contribution < 1.29 is 14.6 Å². The van der Waals surface area contributed by atoms with Gasteiger partial charge in [-0.1, -0.05) is 19.3 Å². The van der Waals surface area contributed by atoms with Gasteiger partial charge in [0, 0.05) is 6.42 Å². The Kier molecular flexibility index (Phi) is 3.29. The third kappa shape index (κ3) is 2.71. The summed E-state index contributed by atoms with van der Waals surface area (Å²) >= 11 is 0. The van der Waals surface area contributed by atoms with Crippen LogP contribution in [0.15, 0.2) is 0 Å². The zero-order valence-electron chi connectivity index (χ0n) is 9.21. The van der Waals surface area contributed by atoms with Crippen molar-refractivity contribution in [2.75, 3.05) is 0 Å². The molecule has 1 N–H and O–H groups in total. The molecule has 1 saturated carbocycles. The lowest BCUT2D eigenvalue weighted by Gasteiger charge is -2.33. The predicted molar refractivity (Wildman–Crippen MR) is 56.8 cm³/mol. The largest absolute Gasteiger partial charge is 0.481 e. The van der Waals surface area contributed by atoms with E-state index in [9.17, 15) is 4.79 Å². The van der Waals surface area contributed by atoms with Gasteiger partial charge >= 0.3 is 5.97 Å². The van der Waals surface area contributed by atoms with Gasteiger partial charge in [-0.2, -0.15) is 0 Å². The average Bonchev–Trinajstić information content (AvgIpc) is 2.60. The number of rotatable bonds is 3. The van der Waals surface area contributed by atoms with Crippen LogP contribution in [0.3, 0.4) is 0 Å². The Hall–Kier alpha value is -0.570. The van der Waals surface area contributed by atoms with E-state index in [2.05, 4.69) is 0 Å². The summed E-state index contributed by atoms with van der Waals surface area (Å²) in [4.78, 5) is 10.5. The van der Waals surface area contributed by atoms with Gasteiger partial charge in [0.15, 0.2) is 0 Å². The van der Waals surface area contributed by atoms with Crippen LogP contribution in [0.4, 0.5) is 0 Å². The topological polar surface area (TPSA) is 46.5 Å². The van der Waals surface area contributed by atoms with Gasteiger partial charge in [-0.3, -0.25) is 4.79 Å². The van der Waals surface area contributed by atoms with Crippen LogP contribution in [-0.2, 0) is 9.53 Å². The van der Waals surface area contributed by atoms with Crippen LogP contribution in [0, 0.1) is 0 Å². The van der Waals surface area contributed by atoms with E-state index >= 15 is 0 Å². The molecule has 1 unspecified atom stereocenters. The number of carboxylic acids is 1. The third-order valence-electron chi connectivity index (χ3n) is 3.78. The molecule has 2 aliphatic rings. The van der Waals surface area contributed by atoms with Crippen LogP contribution in [0.2, 0.25) is 0 Å². The minimum atomic E-state index is -0.705. The second-order valence-electron chi connectivity index (χ2n) is 4.95. The Bertz CT molecular complexity index is 231. The molecule has 15 heavy (non-hydrogen) atoms. The van der Waals surface area contributed by atoms with E-state index in [0.29, 0.717) is 6.42 Å². The fraction of sp³-hybridized carbons (Fsp3) is 0.917. The van der Waals surface area contributed by atoms with Crippen LogP contribution in [-0.4, -0.2) is 22.8 Å². The van der Waals surface area contributed by atoms with Gasteiger partial charge in [0.2, 0.25) is 0 Å². The van der Waals surface area contributed by atoms with Crippen LogP contribution in [0.25, 0.3) is 0 Å². The van der Waals surface area contributed by atoms with Crippen LogP contribution in [0.1, 0.15) is 57.8 Å². The van der Waals surface area contributed by atoms with Crippen molar-refractivity contribution in [2.45, 2.75) is 69.5 Å². The molecular weight excluding hydrogens is 192 g/mol. The van der Waals surface area contributed by atoms with Crippen molar-refractivity contribution in [1.82, 2.24) is 0 Å². The van der Waals surface area contributed by atoms with Crippen LogP contribution < -0.4 is 0 Å². The number of carboxylic acid groups (broad SMARTS) is 1. The Morgan fingerprint density at radius 2 is 2.00 bits per heavy atom. The lowest BCUT2D eigenvalue weighted by molar-refractivity contribution is -0.138. The normalized spacial score (nSPS) is 29.5.